The molecular weight excluding hydrogens is 442 g/mol. The van der Waals surface area contributed by atoms with Crippen molar-refractivity contribution < 1.29 is 4.79 Å². The van der Waals surface area contributed by atoms with E-state index in [1.807, 2.05) is 73.3 Å². The summed E-state index contributed by atoms with van der Waals surface area (Å²) in [4.78, 5) is 18.4. The second-order valence-electron chi connectivity index (χ2n) is 7.77. The number of rotatable bonds is 7. The van der Waals surface area contributed by atoms with Crippen LogP contribution in [0.5, 0.6) is 0 Å². The summed E-state index contributed by atoms with van der Waals surface area (Å²) in [6.45, 7) is 4.67. The molecule has 5 rings (SSSR count). The average molecular weight is 466 g/mol. The highest BCUT2D eigenvalue weighted by Gasteiger charge is 2.18. The number of ketones is 1. The molecule has 0 atom stereocenters. The normalized spacial score (nSPS) is 11.5. The number of benzene rings is 2. The molecule has 3 heterocycles. The van der Waals surface area contributed by atoms with Crippen molar-refractivity contribution in [3.05, 3.63) is 102 Å². The molecule has 7 heteroatoms. The maximum Gasteiger partial charge on any atom is 0.189 e. The van der Waals surface area contributed by atoms with Crippen LogP contribution in [-0.4, -0.2) is 30.3 Å². The summed E-state index contributed by atoms with van der Waals surface area (Å²) >= 11 is 1.60. The molecule has 5 aromatic rings. The van der Waals surface area contributed by atoms with E-state index in [4.69, 9.17) is 5.10 Å². The third-order valence-corrected chi connectivity index (χ3v) is 6.64. The van der Waals surface area contributed by atoms with E-state index in [2.05, 4.69) is 28.3 Å². The van der Waals surface area contributed by atoms with Crippen LogP contribution in [0.4, 0.5) is 0 Å². The predicted octanol–water partition coefficient (Wildman–Crippen LogP) is 5.99. The number of hydrogen-bond acceptors (Lipinski definition) is 5. The largest absolute Gasteiger partial charge is 0.289 e. The Morgan fingerprint density at radius 1 is 1.06 bits per heavy atom. The molecule has 0 saturated heterocycles. The van der Waals surface area contributed by atoms with Crippen LogP contribution in [0.15, 0.2) is 95.3 Å². The molecule has 2 aromatic carbocycles. The van der Waals surface area contributed by atoms with E-state index in [0.717, 1.165) is 44.3 Å². The van der Waals surface area contributed by atoms with Gasteiger partial charge in [-0.3, -0.25) is 14.5 Å². The molecule has 34 heavy (non-hydrogen) atoms. The Bertz CT molecular complexity index is 1500. The van der Waals surface area contributed by atoms with E-state index in [9.17, 15) is 4.79 Å². The third-order valence-electron chi connectivity index (χ3n) is 5.51. The zero-order chi connectivity index (χ0) is 23.5. The zero-order valence-electron chi connectivity index (χ0n) is 18.9. The number of pyridine rings is 1. The fourth-order valence-electron chi connectivity index (χ4n) is 3.73. The van der Waals surface area contributed by atoms with Crippen molar-refractivity contribution in [1.82, 2.24) is 24.5 Å². The molecule has 0 N–H and O–H groups in total. The van der Waals surface area contributed by atoms with Gasteiger partial charge in [-0.1, -0.05) is 48.2 Å². The van der Waals surface area contributed by atoms with Crippen molar-refractivity contribution in [3.63, 3.8) is 0 Å². The molecule has 0 spiro atoms. The lowest BCUT2D eigenvalue weighted by molar-refractivity contribution is 0.104. The minimum absolute atomic E-state index is 0.0886. The number of nitrogens with zero attached hydrogens (tertiary/aromatic N) is 5. The lowest BCUT2D eigenvalue weighted by Gasteiger charge is -2.10. The first-order valence-electron chi connectivity index (χ1n) is 11.1. The number of aromatic nitrogens is 5. The second-order valence-corrected chi connectivity index (χ2v) is 8.80. The summed E-state index contributed by atoms with van der Waals surface area (Å²) in [5, 5.41) is 11.0. The highest BCUT2D eigenvalue weighted by atomic mass is 32.2. The summed E-state index contributed by atoms with van der Waals surface area (Å²) in [5.74, 6) is -0.0886. The van der Waals surface area contributed by atoms with Gasteiger partial charge in [-0.2, -0.15) is 10.2 Å². The standard InChI is InChI=1S/C27H23N5OS/c1-3-31-18-21(17-29-31)24(33)15-14-23-19(2)30-32(22-11-5-4-6-12-22)27(23)34-25-13-7-9-20-10-8-16-28-26(20)25/h4-18H,3H2,1-2H3/b15-14+. The number of hydrogen-bond donors (Lipinski definition) is 0. The first kappa shape index (κ1) is 21.9. The molecule has 0 radical (unpaired) electrons. The smallest absolute Gasteiger partial charge is 0.189 e. The molecule has 0 bridgehead atoms. The van der Waals surface area contributed by atoms with Crippen LogP contribution in [0, 0.1) is 6.92 Å². The quantitative estimate of drug-likeness (QED) is 0.218. The molecule has 0 unspecified atom stereocenters. The van der Waals surface area contributed by atoms with Crippen molar-refractivity contribution in [2.45, 2.75) is 30.3 Å². The summed E-state index contributed by atoms with van der Waals surface area (Å²) in [6.07, 6.45) is 8.64. The van der Waals surface area contributed by atoms with Gasteiger partial charge < -0.3 is 0 Å². The van der Waals surface area contributed by atoms with Crippen LogP contribution in [-0.2, 0) is 6.54 Å². The van der Waals surface area contributed by atoms with Gasteiger partial charge >= 0.3 is 0 Å². The molecule has 0 aliphatic rings. The fraction of sp³-hybridized carbons (Fsp3) is 0.111. The number of para-hydroxylation sites is 2. The fourth-order valence-corrected chi connectivity index (χ4v) is 4.91. The van der Waals surface area contributed by atoms with Gasteiger partial charge in [0.05, 0.1) is 28.7 Å². The van der Waals surface area contributed by atoms with Crippen LogP contribution >= 0.6 is 11.8 Å². The molecule has 3 aromatic heterocycles. The molecule has 0 aliphatic heterocycles. The molecular formula is C27H23N5OS. The highest BCUT2D eigenvalue weighted by Crippen LogP contribution is 2.37. The van der Waals surface area contributed by atoms with E-state index in [-0.39, 0.29) is 5.78 Å². The maximum atomic E-state index is 12.8. The molecule has 0 amide bonds. The first-order valence-corrected chi connectivity index (χ1v) is 11.9. The lowest BCUT2D eigenvalue weighted by atomic mass is 10.2. The topological polar surface area (TPSA) is 65.6 Å². The van der Waals surface area contributed by atoms with Crippen LogP contribution in [0.2, 0.25) is 0 Å². The first-order chi connectivity index (χ1) is 16.6. The molecule has 168 valence electrons. The predicted molar refractivity (Wildman–Crippen MR) is 135 cm³/mol. The van der Waals surface area contributed by atoms with Gasteiger partial charge in [-0.25, -0.2) is 4.68 Å². The van der Waals surface area contributed by atoms with Crippen LogP contribution in [0.3, 0.4) is 0 Å². The van der Waals surface area contributed by atoms with Crippen molar-refractivity contribution in [2.24, 2.45) is 0 Å². The minimum Gasteiger partial charge on any atom is -0.289 e. The Hall–Kier alpha value is -3.97. The van der Waals surface area contributed by atoms with E-state index < -0.39 is 0 Å². The highest BCUT2D eigenvalue weighted by molar-refractivity contribution is 7.99. The number of carbonyl (C=O) groups excluding carboxylic acids is 1. The van der Waals surface area contributed by atoms with E-state index in [1.54, 1.807) is 34.9 Å². The van der Waals surface area contributed by atoms with Crippen molar-refractivity contribution in [1.29, 1.82) is 0 Å². The average Bonchev–Trinajstić information content (AvgIpc) is 3.48. The summed E-state index contributed by atoms with van der Waals surface area (Å²) in [7, 11) is 0. The number of carbonyl (C=O) groups is 1. The van der Waals surface area contributed by atoms with Gasteiger partial charge in [0.2, 0.25) is 0 Å². The Labute approximate surface area is 202 Å². The van der Waals surface area contributed by atoms with Gasteiger partial charge in [0, 0.05) is 34.8 Å². The van der Waals surface area contributed by atoms with Crippen molar-refractivity contribution >= 4 is 34.5 Å². The van der Waals surface area contributed by atoms with Gasteiger partial charge in [-0.15, -0.1) is 0 Å². The van der Waals surface area contributed by atoms with Gasteiger partial charge in [-0.05, 0) is 50.3 Å². The Morgan fingerprint density at radius 2 is 1.88 bits per heavy atom. The number of aryl methyl sites for hydroxylation is 2. The summed E-state index contributed by atoms with van der Waals surface area (Å²) < 4.78 is 3.68. The van der Waals surface area contributed by atoms with Gasteiger partial charge in [0.25, 0.3) is 0 Å². The Kier molecular flexibility index (Phi) is 6.10. The number of allylic oxidation sites excluding steroid dienone is 1. The molecule has 0 saturated carbocycles. The summed E-state index contributed by atoms with van der Waals surface area (Å²) in [6, 6.07) is 20.2. The SMILES string of the molecule is CCn1cc(C(=O)/C=C/c2c(C)nn(-c3ccccc3)c2Sc2cccc3cccnc23)cn1. The second kappa shape index (κ2) is 9.49. The van der Waals surface area contributed by atoms with Crippen molar-refractivity contribution in [2.75, 3.05) is 0 Å². The van der Waals surface area contributed by atoms with Crippen LogP contribution in [0.25, 0.3) is 22.7 Å². The van der Waals surface area contributed by atoms with E-state index >= 15 is 0 Å². The summed E-state index contributed by atoms with van der Waals surface area (Å²) in [5.41, 5.74) is 4.20. The van der Waals surface area contributed by atoms with E-state index in [1.165, 1.54) is 0 Å². The van der Waals surface area contributed by atoms with Gasteiger partial charge in [0.15, 0.2) is 5.78 Å². The Balaban J connectivity index is 1.59. The Morgan fingerprint density at radius 3 is 2.68 bits per heavy atom. The molecule has 0 aliphatic carbocycles. The van der Waals surface area contributed by atoms with Crippen LogP contribution < -0.4 is 0 Å². The molecule has 6 nitrogen and oxygen atoms in total. The number of fused-ring (bicyclic) bond motifs is 1. The van der Waals surface area contributed by atoms with Crippen LogP contribution in [0.1, 0.15) is 28.5 Å². The zero-order valence-corrected chi connectivity index (χ0v) is 19.7. The maximum absolute atomic E-state index is 12.8. The lowest BCUT2D eigenvalue weighted by Crippen LogP contribution is -1.98. The van der Waals surface area contributed by atoms with Gasteiger partial charge in [0.1, 0.15) is 5.03 Å². The van der Waals surface area contributed by atoms with E-state index in [0.29, 0.717) is 5.56 Å². The molecule has 0 fully saturated rings. The minimum atomic E-state index is -0.0886. The van der Waals surface area contributed by atoms with Crippen molar-refractivity contribution in [3.8, 4) is 5.69 Å². The third kappa shape index (κ3) is 4.30. The monoisotopic (exact) mass is 465 g/mol.